The summed E-state index contributed by atoms with van der Waals surface area (Å²) in [4.78, 5) is 11.1. The molecule has 0 N–H and O–H groups in total. The van der Waals surface area contributed by atoms with E-state index in [2.05, 4.69) is 5.16 Å². The van der Waals surface area contributed by atoms with Crippen LogP contribution in [0.1, 0.15) is 16.3 Å². The lowest BCUT2D eigenvalue weighted by Gasteiger charge is -2.25. The van der Waals surface area contributed by atoms with Crippen molar-refractivity contribution in [2.75, 3.05) is 26.3 Å². The molecule has 2 aromatic heterocycles. The summed E-state index contributed by atoms with van der Waals surface area (Å²) in [6, 6.07) is 3.17. The summed E-state index contributed by atoms with van der Waals surface area (Å²) in [5, 5.41) is 14.6. The van der Waals surface area contributed by atoms with Crippen LogP contribution in [0.3, 0.4) is 0 Å². The molecule has 1 aliphatic heterocycles. The van der Waals surface area contributed by atoms with Crippen LogP contribution in [0.2, 0.25) is 0 Å². The molecule has 3 heterocycles. The molecule has 0 saturated carbocycles. The Morgan fingerprint density at radius 2 is 2.04 bits per heavy atom. The number of thiophene rings is 1. The van der Waals surface area contributed by atoms with Crippen LogP contribution >= 0.6 is 11.3 Å². The molecular formula is C14H15N3O6S2. The molecule has 1 saturated heterocycles. The summed E-state index contributed by atoms with van der Waals surface area (Å²) in [7, 11) is -3.55. The average molecular weight is 385 g/mol. The summed E-state index contributed by atoms with van der Waals surface area (Å²) in [6.45, 7) is 2.90. The Hall–Kier alpha value is -2.08. The van der Waals surface area contributed by atoms with Crippen molar-refractivity contribution in [1.82, 2.24) is 9.46 Å². The Morgan fingerprint density at radius 3 is 2.72 bits per heavy atom. The third-order valence-electron chi connectivity index (χ3n) is 3.60. The van der Waals surface area contributed by atoms with Crippen molar-refractivity contribution in [1.29, 1.82) is 0 Å². The molecule has 1 aliphatic rings. The van der Waals surface area contributed by atoms with Gasteiger partial charge < -0.3 is 9.26 Å². The molecule has 25 heavy (non-hydrogen) atoms. The zero-order valence-electron chi connectivity index (χ0n) is 13.2. The van der Waals surface area contributed by atoms with Gasteiger partial charge in [0.25, 0.3) is 10.0 Å². The fourth-order valence-corrected chi connectivity index (χ4v) is 5.14. The summed E-state index contributed by atoms with van der Waals surface area (Å²) < 4.78 is 36.8. The number of ether oxygens (including phenoxy) is 1. The van der Waals surface area contributed by atoms with E-state index in [9.17, 15) is 18.5 Å². The number of nitrogens with zero attached hydrogens (tertiary/aromatic N) is 3. The van der Waals surface area contributed by atoms with Crippen LogP contribution in [0.5, 0.6) is 0 Å². The maximum atomic E-state index is 12.6. The van der Waals surface area contributed by atoms with Gasteiger partial charge in [-0.25, -0.2) is 8.42 Å². The van der Waals surface area contributed by atoms with E-state index in [1.165, 1.54) is 23.4 Å². The van der Waals surface area contributed by atoms with Crippen molar-refractivity contribution in [3.8, 4) is 0 Å². The lowest BCUT2D eigenvalue weighted by molar-refractivity contribution is -0.386. The van der Waals surface area contributed by atoms with Gasteiger partial charge in [0.15, 0.2) is 5.69 Å². The van der Waals surface area contributed by atoms with E-state index in [0.717, 1.165) is 11.3 Å². The van der Waals surface area contributed by atoms with Crippen LogP contribution in [-0.2, 0) is 14.8 Å². The van der Waals surface area contributed by atoms with Gasteiger partial charge in [-0.05, 0) is 31.2 Å². The third kappa shape index (κ3) is 3.63. The van der Waals surface area contributed by atoms with Crippen molar-refractivity contribution in [3.63, 3.8) is 0 Å². The number of morpholine rings is 1. The van der Waals surface area contributed by atoms with E-state index in [1.807, 2.05) is 0 Å². The average Bonchev–Trinajstić information content (AvgIpc) is 3.20. The van der Waals surface area contributed by atoms with Crippen LogP contribution in [0.25, 0.3) is 12.2 Å². The van der Waals surface area contributed by atoms with E-state index in [4.69, 9.17) is 9.26 Å². The number of hydrogen-bond acceptors (Lipinski definition) is 8. The van der Waals surface area contributed by atoms with Gasteiger partial charge >= 0.3 is 5.69 Å². The maximum absolute atomic E-state index is 12.6. The molecule has 134 valence electrons. The fourth-order valence-electron chi connectivity index (χ4n) is 2.35. The van der Waals surface area contributed by atoms with Crippen LogP contribution in [-0.4, -0.2) is 49.1 Å². The highest BCUT2D eigenvalue weighted by Gasteiger charge is 2.27. The molecular weight excluding hydrogens is 370 g/mol. The Bertz CT molecular complexity index is 909. The first-order valence-corrected chi connectivity index (χ1v) is 9.62. The molecule has 0 radical (unpaired) electrons. The molecule has 0 aliphatic carbocycles. The zero-order chi connectivity index (χ0) is 18.0. The van der Waals surface area contributed by atoms with E-state index in [1.54, 1.807) is 12.1 Å². The van der Waals surface area contributed by atoms with Crippen molar-refractivity contribution in [2.45, 2.75) is 11.1 Å². The number of nitro groups is 1. The molecule has 3 rings (SSSR count). The van der Waals surface area contributed by atoms with Crippen LogP contribution < -0.4 is 0 Å². The molecule has 2 aromatic rings. The first kappa shape index (κ1) is 17.7. The molecule has 0 unspecified atom stereocenters. The molecule has 0 spiro atoms. The number of hydrogen-bond donors (Lipinski definition) is 0. The highest BCUT2D eigenvalue weighted by molar-refractivity contribution is 7.91. The van der Waals surface area contributed by atoms with Crippen LogP contribution in [0.15, 0.2) is 20.9 Å². The number of rotatable bonds is 5. The summed E-state index contributed by atoms with van der Waals surface area (Å²) in [5.41, 5.74) is -0.0135. The standard InChI is InChI=1S/C14H15N3O6S2/c1-10-14(17(18)19)12(23-15-10)4-2-11-3-5-13(24-11)25(20,21)16-6-8-22-9-7-16/h2-5H,6-9H2,1H3/b4-2+. The Kier molecular flexibility index (Phi) is 4.99. The highest BCUT2D eigenvalue weighted by atomic mass is 32.2. The van der Waals surface area contributed by atoms with Crippen molar-refractivity contribution >= 4 is 39.2 Å². The van der Waals surface area contributed by atoms with Gasteiger partial charge in [0.2, 0.25) is 5.76 Å². The van der Waals surface area contributed by atoms with E-state index >= 15 is 0 Å². The van der Waals surface area contributed by atoms with Gasteiger partial charge in [-0.3, -0.25) is 10.1 Å². The Labute approximate surface area is 147 Å². The SMILES string of the molecule is Cc1noc(/C=C/c2ccc(S(=O)(=O)N3CCOCC3)s2)c1[N+](=O)[O-]. The van der Waals surface area contributed by atoms with E-state index < -0.39 is 14.9 Å². The third-order valence-corrected chi connectivity index (χ3v) is 7.02. The Morgan fingerprint density at radius 1 is 1.32 bits per heavy atom. The maximum Gasteiger partial charge on any atom is 0.338 e. The zero-order valence-corrected chi connectivity index (χ0v) is 14.9. The Balaban J connectivity index is 1.81. The van der Waals surface area contributed by atoms with E-state index in [0.29, 0.717) is 31.2 Å². The lowest BCUT2D eigenvalue weighted by Crippen LogP contribution is -2.40. The molecule has 9 nitrogen and oxygen atoms in total. The van der Waals surface area contributed by atoms with Crippen molar-refractivity contribution in [3.05, 3.63) is 38.6 Å². The lowest BCUT2D eigenvalue weighted by atomic mass is 10.3. The molecule has 11 heteroatoms. The summed E-state index contributed by atoms with van der Waals surface area (Å²) >= 11 is 1.08. The second-order valence-corrected chi connectivity index (χ2v) is 8.52. The second kappa shape index (κ2) is 7.04. The minimum atomic E-state index is -3.55. The quantitative estimate of drug-likeness (QED) is 0.572. The number of aromatic nitrogens is 1. The largest absolute Gasteiger partial charge is 0.379 e. The first-order chi connectivity index (χ1) is 11.9. The second-order valence-electron chi connectivity index (χ2n) is 5.24. The van der Waals surface area contributed by atoms with Gasteiger partial charge in [-0.2, -0.15) is 4.31 Å². The first-order valence-electron chi connectivity index (χ1n) is 7.36. The number of aryl methyl sites for hydroxylation is 1. The minimum absolute atomic E-state index is 0.0217. The highest BCUT2D eigenvalue weighted by Crippen LogP contribution is 2.29. The van der Waals surface area contributed by atoms with E-state index in [-0.39, 0.29) is 21.4 Å². The topological polar surface area (TPSA) is 116 Å². The van der Waals surface area contributed by atoms with Gasteiger partial charge in [-0.1, -0.05) is 5.16 Å². The van der Waals surface area contributed by atoms with Crippen molar-refractivity contribution in [2.24, 2.45) is 0 Å². The molecule has 0 amide bonds. The molecule has 0 aromatic carbocycles. The number of sulfonamides is 1. The minimum Gasteiger partial charge on any atom is -0.379 e. The monoisotopic (exact) mass is 385 g/mol. The van der Waals surface area contributed by atoms with Gasteiger partial charge in [0, 0.05) is 18.0 Å². The predicted octanol–water partition coefficient (Wildman–Crippen LogP) is 2.14. The van der Waals surface area contributed by atoms with Gasteiger partial charge in [0.05, 0.1) is 18.1 Å². The summed E-state index contributed by atoms with van der Waals surface area (Å²) in [5.74, 6) is 0.0217. The molecule has 1 fully saturated rings. The van der Waals surface area contributed by atoms with Crippen LogP contribution in [0.4, 0.5) is 5.69 Å². The summed E-state index contributed by atoms with van der Waals surface area (Å²) in [6.07, 6.45) is 2.98. The predicted molar refractivity (Wildman–Crippen MR) is 90.7 cm³/mol. The van der Waals surface area contributed by atoms with Gasteiger partial charge in [0.1, 0.15) is 4.21 Å². The van der Waals surface area contributed by atoms with Crippen molar-refractivity contribution < 1.29 is 22.6 Å². The molecule has 0 atom stereocenters. The fraction of sp³-hybridized carbons (Fsp3) is 0.357. The normalized spacial score (nSPS) is 16.5. The smallest absolute Gasteiger partial charge is 0.338 e. The molecule has 0 bridgehead atoms. The van der Waals surface area contributed by atoms with Crippen LogP contribution in [0, 0.1) is 17.0 Å². The van der Waals surface area contributed by atoms with Gasteiger partial charge in [-0.15, -0.1) is 11.3 Å².